The number of anilines is 1. The summed E-state index contributed by atoms with van der Waals surface area (Å²) in [6, 6.07) is 16.0. The van der Waals surface area contributed by atoms with Crippen LogP contribution in [0.3, 0.4) is 0 Å². The zero-order valence-corrected chi connectivity index (χ0v) is 12.8. The van der Waals surface area contributed by atoms with E-state index in [2.05, 4.69) is 14.9 Å². The fourth-order valence-corrected chi connectivity index (χ4v) is 3.15. The van der Waals surface area contributed by atoms with Crippen molar-refractivity contribution in [1.82, 2.24) is 10.2 Å². The van der Waals surface area contributed by atoms with Gasteiger partial charge < -0.3 is 0 Å². The summed E-state index contributed by atoms with van der Waals surface area (Å²) in [6.45, 7) is 2.00. The third-order valence-corrected chi connectivity index (χ3v) is 4.64. The van der Waals surface area contributed by atoms with Gasteiger partial charge in [0.1, 0.15) is 0 Å². The molecule has 112 valence electrons. The van der Waals surface area contributed by atoms with E-state index in [1.807, 2.05) is 31.2 Å². The van der Waals surface area contributed by atoms with Crippen molar-refractivity contribution in [3.63, 3.8) is 0 Å². The maximum absolute atomic E-state index is 12.4. The van der Waals surface area contributed by atoms with E-state index in [-0.39, 0.29) is 10.7 Å². The van der Waals surface area contributed by atoms with E-state index in [0.29, 0.717) is 5.56 Å². The Hall–Kier alpha value is -2.60. The van der Waals surface area contributed by atoms with Crippen LogP contribution in [0.2, 0.25) is 0 Å². The molecule has 2 N–H and O–H groups in total. The Balaban J connectivity index is 1.95. The molecule has 6 heteroatoms. The molecule has 0 fully saturated rings. The summed E-state index contributed by atoms with van der Waals surface area (Å²) in [5, 5.41) is 6.72. The highest BCUT2D eigenvalue weighted by molar-refractivity contribution is 7.92. The molecule has 0 saturated heterocycles. The maximum atomic E-state index is 12.4. The first-order chi connectivity index (χ1) is 10.6. The van der Waals surface area contributed by atoms with Gasteiger partial charge in [0.2, 0.25) is 0 Å². The number of nitrogens with zero attached hydrogens (tertiary/aromatic N) is 1. The number of hydrogen-bond acceptors (Lipinski definition) is 3. The van der Waals surface area contributed by atoms with E-state index < -0.39 is 10.0 Å². The summed E-state index contributed by atoms with van der Waals surface area (Å²) >= 11 is 0. The zero-order valence-electron chi connectivity index (χ0n) is 11.9. The molecule has 0 aliphatic carbocycles. The molecule has 0 atom stereocenters. The molecule has 0 radical (unpaired) electrons. The molecule has 1 heterocycles. The van der Waals surface area contributed by atoms with Gasteiger partial charge >= 0.3 is 0 Å². The van der Waals surface area contributed by atoms with Crippen molar-refractivity contribution in [2.45, 2.75) is 11.8 Å². The predicted molar refractivity (Wildman–Crippen MR) is 86.0 cm³/mol. The van der Waals surface area contributed by atoms with Gasteiger partial charge in [-0.05, 0) is 24.6 Å². The molecule has 0 saturated carbocycles. The van der Waals surface area contributed by atoms with Gasteiger partial charge in [0.25, 0.3) is 10.0 Å². The van der Waals surface area contributed by atoms with Gasteiger partial charge in [-0.2, -0.15) is 5.10 Å². The molecule has 5 nitrogen and oxygen atoms in total. The number of aromatic nitrogens is 2. The fourth-order valence-electron chi connectivity index (χ4n) is 2.11. The zero-order chi connectivity index (χ0) is 15.6. The van der Waals surface area contributed by atoms with Crippen LogP contribution >= 0.6 is 0 Å². The van der Waals surface area contributed by atoms with Gasteiger partial charge in [-0.25, -0.2) is 8.42 Å². The van der Waals surface area contributed by atoms with Gasteiger partial charge in [0.15, 0.2) is 5.82 Å². The molecule has 0 amide bonds. The van der Waals surface area contributed by atoms with Crippen molar-refractivity contribution in [2.75, 3.05) is 4.72 Å². The number of aromatic amines is 1. The summed E-state index contributed by atoms with van der Waals surface area (Å²) in [6.07, 6.45) is 1.67. The second-order valence-corrected chi connectivity index (χ2v) is 6.61. The minimum atomic E-state index is -3.65. The largest absolute Gasteiger partial charge is 0.283 e. The number of benzene rings is 2. The quantitative estimate of drug-likeness (QED) is 0.777. The Morgan fingerprint density at radius 1 is 1.00 bits per heavy atom. The van der Waals surface area contributed by atoms with Crippen molar-refractivity contribution in [1.29, 1.82) is 0 Å². The first-order valence-electron chi connectivity index (χ1n) is 6.75. The van der Waals surface area contributed by atoms with Crippen molar-refractivity contribution >= 4 is 15.8 Å². The molecule has 22 heavy (non-hydrogen) atoms. The van der Waals surface area contributed by atoms with Crippen LogP contribution in [-0.2, 0) is 10.0 Å². The van der Waals surface area contributed by atoms with E-state index in [1.165, 1.54) is 0 Å². The lowest BCUT2D eigenvalue weighted by Crippen LogP contribution is -2.13. The molecule has 0 unspecified atom stereocenters. The minimum absolute atomic E-state index is 0.202. The van der Waals surface area contributed by atoms with Crippen LogP contribution in [0.25, 0.3) is 11.1 Å². The number of rotatable bonds is 4. The monoisotopic (exact) mass is 313 g/mol. The molecule has 0 bridgehead atoms. The van der Waals surface area contributed by atoms with Crippen molar-refractivity contribution < 1.29 is 8.42 Å². The Morgan fingerprint density at radius 2 is 1.68 bits per heavy atom. The van der Waals surface area contributed by atoms with Gasteiger partial charge in [-0.1, -0.05) is 48.0 Å². The summed E-state index contributed by atoms with van der Waals surface area (Å²) in [5.74, 6) is 0.285. The van der Waals surface area contributed by atoms with Gasteiger partial charge in [0.05, 0.1) is 4.90 Å². The number of H-pyrrole nitrogens is 1. The van der Waals surface area contributed by atoms with Gasteiger partial charge in [-0.3, -0.25) is 9.82 Å². The summed E-state index contributed by atoms with van der Waals surface area (Å²) in [5.41, 5.74) is 2.74. The first-order valence-corrected chi connectivity index (χ1v) is 8.23. The number of aryl methyl sites for hydroxylation is 1. The molecule has 0 spiro atoms. The summed E-state index contributed by atoms with van der Waals surface area (Å²) in [7, 11) is -3.65. The molecule has 3 rings (SSSR count). The molecular formula is C16H15N3O2S. The van der Waals surface area contributed by atoms with Crippen LogP contribution in [0, 0.1) is 6.92 Å². The van der Waals surface area contributed by atoms with E-state index in [1.54, 1.807) is 36.5 Å². The van der Waals surface area contributed by atoms with Crippen LogP contribution in [0.4, 0.5) is 5.82 Å². The fraction of sp³-hybridized carbons (Fsp3) is 0.0625. The SMILES string of the molecule is Cc1ccc(-c2c[nH]nc2NS(=O)(=O)c2ccccc2)cc1. The average molecular weight is 313 g/mol. The van der Waals surface area contributed by atoms with Crippen LogP contribution < -0.4 is 4.72 Å². The summed E-state index contributed by atoms with van der Waals surface area (Å²) in [4.78, 5) is 0.202. The molecular weight excluding hydrogens is 298 g/mol. The van der Waals surface area contributed by atoms with Crippen LogP contribution in [0.1, 0.15) is 5.56 Å². The second-order valence-electron chi connectivity index (χ2n) is 4.93. The topological polar surface area (TPSA) is 74.8 Å². The second kappa shape index (κ2) is 5.65. The molecule has 0 aliphatic heterocycles. The third-order valence-electron chi connectivity index (χ3n) is 3.29. The van der Waals surface area contributed by atoms with Crippen molar-refractivity contribution in [3.8, 4) is 11.1 Å². The molecule has 1 aromatic heterocycles. The Kier molecular flexibility index (Phi) is 3.68. The van der Waals surface area contributed by atoms with Crippen LogP contribution in [0.5, 0.6) is 0 Å². The Labute approximate surface area is 129 Å². The number of hydrogen-bond donors (Lipinski definition) is 2. The van der Waals surface area contributed by atoms with Crippen LogP contribution in [-0.4, -0.2) is 18.6 Å². The highest BCUT2D eigenvalue weighted by Crippen LogP contribution is 2.27. The lowest BCUT2D eigenvalue weighted by molar-refractivity contribution is 0.601. The van der Waals surface area contributed by atoms with E-state index in [9.17, 15) is 8.42 Å². The highest BCUT2D eigenvalue weighted by atomic mass is 32.2. The average Bonchev–Trinajstić information content (AvgIpc) is 2.96. The van der Waals surface area contributed by atoms with Crippen molar-refractivity contribution in [3.05, 3.63) is 66.4 Å². The van der Waals surface area contributed by atoms with Gasteiger partial charge in [-0.15, -0.1) is 0 Å². The van der Waals surface area contributed by atoms with Crippen LogP contribution in [0.15, 0.2) is 65.7 Å². The minimum Gasteiger partial charge on any atom is -0.283 e. The van der Waals surface area contributed by atoms with E-state index in [0.717, 1.165) is 11.1 Å². The third kappa shape index (κ3) is 2.87. The van der Waals surface area contributed by atoms with E-state index >= 15 is 0 Å². The number of nitrogens with one attached hydrogen (secondary N) is 2. The summed E-state index contributed by atoms with van der Waals surface area (Å²) < 4.78 is 27.3. The lowest BCUT2D eigenvalue weighted by Gasteiger charge is -2.08. The van der Waals surface area contributed by atoms with Crippen molar-refractivity contribution in [2.24, 2.45) is 0 Å². The first kappa shape index (κ1) is 14.3. The highest BCUT2D eigenvalue weighted by Gasteiger charge is 2.18. The molecule has 2 aromatic carbocycles. The smallest absolute Gasteiger partial charge is 0.263 e. The lowest BCUT2D eigenvalue weighted by atomic mass is 10.1. The predicted octanol–water partition coefficient (Wildman–Crippen LogP) is 3.19. The number of sulfonamides is 1. The standard InChI is InChI=1S/C16H15N3O2S/c1-12-7-9-13(10-8-12)15-11-17-18-16(15)19-22(20,21)14-5-3-2-4-6-14/h2-11H,1H3,(H2,17,18,19). The molecule has 0 aliphatic rings. The normalized spacial score (nSPS) is 11.3. The Morgan fingerprint density at radius 3 is 2.36 bits per heavy atom. The maximum Gasteiger partial charge on any atom is 0.263 e. The van der Waals surface area contributed by atoms with E-state index in [4.69, 9.17) is 0 Å². The Bertz CT molecular complexity index is 869. The van der Waals surface area contributed by atoms with Gasteiger partial charge in [0, 0.05) is 11.8 Å². The molecule has 3 aromatic rings.